The van der Waals surface area contributed by atoms with Gasteiger partial charge in [-0.2, -0.15) is 0 Å². The summed E-state index contributed by atoms with van der Waals surface area (Å²) in [6, 6.07) is 0. The summed E-state index contributed by atoms with van der Waals surface area (Å²) >= 11 is 0. The molecule has 0 heterocycles. The Labute approximate surface area is 95.0 Å². The molecule has 0 aliphatic heterocycles. The van der Waals surface area contributed by atoms with Crippen LogP contribution in [0.2, 0.25) is 0 Å². The zero-order valence-corrected chi connectivity index (χ0v) is 10.2. The molecule has 0 aromatic rings. The van der Waals surface area contributed by atoms with E-state index in [2.05, 4.69) is 0 Å². The molecule has 2 atom stereocenters. The Morgan fingerprint density at radius 1 is 1.31 bits per heavy atom. The largest absolute Gasteiger partial charge is 0.481 e. The molecule has 0 amide bonds. The summed E-state index contributed by atoms with van der Waals surface area (Å²) < 4.78 is 0. The number of hydrogen-bond acceptors (Lipinski definition) is 3. The summed E-state index contributed by atoms with van der Waals surface area (Å²) in [6.45, 7) is 7.13. The number of carboxylic acids is 1. The summed E-state index contributed by atoms with van der Waals surface area (Å²) in [5, 5.41) is 7.42. The van der Waals surface area contributed by atoms with Crippen LogP contribution in [0.15, 0.2) is 0 Å². The van der Waals surface area contributed by atoms with Gasteiger partial charge in [-0.1, -0.05) is 20.8 Å². The van der Waals surface area contributed by atoms with Crippen LogP contribution in [-0.4, -0.2) is 22.6 Å². The van der Waals surface area contributed by atoms with Crippen molar-refractivity contribution in [2.45, 2.75) is 40.5 Å². The molecular formula is C12H18O4. The standard InChI is InChI=1S/C10H14O2.C2H4O2/c1-9(2)6-4-5-10(9,3)8(12)7(6)11;1-2(3)4/h6H,4-5H2,1-3H3;1H3,(H,3,4). The Balaban J connectivity index is 0.000000280. The van der Waals surface area contributed by atoms with Crippen LogP contribution in [0.1, 0.15) is 40.5 Å². The molecule has 0 saturated heterocycles. The summed E-state index contributed by atoms with van der Waals surface area (Å²) in [7, 11) is 0. The number of carboxylic acid groups (broad SMARTS) is 1. The van der Waals surface area contributed by atoms with E-state index >= 15 is 0 Å². The molecule has 0 aromatic heterocycles. The van der Waals surface area contributed by atoms with E-state index in [9.17, 15) is 9.59 Å². The van der Waals surface area contributed by atoms with Gasteiger partial charge >= 0.3 is 0 Å². The van der Waals surface area contributed by atoms with E-state index in [0.717, 1.165) is 19.8 Å². The number of Topliss-reactive ketones (excluding diaryl/α,β-unsaturated/α-hetero) is 2. The molecule has 1 N–H and O–H groups in total. The zero-order valence-electron chi connectivity index (χ0n) is 10.2. The maximum Gasteiger partial charge on any atom is 0.300 e. The van der Waals surface area contributed by atoms with Gasteiger partial charge in [-0.05, 0) is 18.3 Å². The van der Waals surface area contributed by atoms with Crippen LogP contribution in [0.4, 0.5) is 0 Å². The minimum atomic E-state index is -0.833. The summed E-state index contributed by atoms with van der Waals surface area (Å²) in [4.78, 5) is 32.0. The SMILES string of the molecule is CC(=O)O.CC12CCC(C(=O)C1=O)C2(C)C. The second-order valence-electron chi connectivity index (χ2n) is 5.36. The molecule has 4 nitrogen and oxygen atoms in total. The minimum Gasteiger partial charge on any atom is -0.481 e. The molecule has 0 spiro atoms. The first-order valence-corrected chi connectivity index (χ1v) is 5.43. The fourth-order valence-electron chi connectivity index (χ4n) is 2.80. The van der Waals surface area contributed by atoms with Gasteiger partial charge in [-0.25, -0.2) is 0 Å². The highest BCUT2D eigenvalue weighted by Crippen LogP contribution is 2.61. The van der Waals surface area contributed by atoms with Gasteiger partial charge in [0.05, 0.1) is 0 Å². The second kappa shape index (κ2) is 3.68. The number of ketones is 2. The highest BCUT2D eigenvalue weighted by atomic mass is 16.4. The predicted molar refractivity (Wildman–Crippen MR) is 57.9 cm³/mol. The van der Waals surface area contributed by atoms with Gasteiger partial charge in [-0.15, -0.1) is 0 Å². The van der Waals surface area contributed by atoms with Crippen LogP contribution in [0.5, 0.6) is 0 Å². The van der Waals surface area contributed by atoms with Crippen LogP contribution in [0.3, 0.4) is 0 Å². The van der Waals surface area contributed by atoms with Crippen LogP contribution in [0.25, 0.3) is 0 Å². The van der Waals surface area contributed by atoms with Gasteiger partial charge in [0.2, 0.25) is 11.6 Å². The molecule has 4 heteroatoms. The smallest absolute Gasteiger partial charge is 0.300 e. The van der Waals surface area contributed by atoms with Gasteiger partial charge in [0.1, 0.15) is 0 Å². The molecular weight excluding hydrogens is 208 g/mol. The maximum atomic E-state index is 11.6. The van der Waals surface area contributed by atoms with Crippen molar-refractivity contribution in [2.75, 3.05) is 0 Å². The number of aliphatic carboxylic acids is 1. The summed E-state index contributed by atoms with van der Waals surface area (Å²) in [5.41, 5.74) is -0.448. The first kappa shape index (κ1) is 12.9. The molecule has 2 unspecified atom stereocenters. The number of carbonyl (C=O) groups is 3. The van der Waals surface area contributed by atoms with Crippen molar-refractivity contribution in [2.24, 2.45) is 16.7 Å². The van der Waals surface area contributed by atoms with Crippen molar-refractivity contribution in [1.29, 1.82) is 0 Å². The van der Waals surface area contributed by atoms with E-state index in [1.807, 2.05) is 20.8 Å². The van der Waals surface area contributed by atoms with Crippen molar-refractivity contribution in [1.82, 2.24) is 0 Å². The third kappa shape index (κ3) is 1.56. The Morgan fingerprint density at radius 3 is 1.94 bits per heavy atom. The minimum absolute atomic E-state index is 0.00926. The molecule has 2 fully saturated rings. The molecule has 2 rings (SSSR count). The van der Waals surface area contributed by atoms with E-state index in [0.29, 0.717) is 0 Å². The lowest BCUT2D eigenvalue weighted by Crippen LogP contribution is -2.33. The van der Waals surface area contributed by atoms with Crippen molar-refractivity contribution < 1.29 is 19.5 Å². The van der Waals surface area contributed by atoms with Gasteiger partial charge in [0.25, 0.3) is 5.97 Å². The summed E-state index contributed by atoms with van der Waals surface area (Å²) in [5.74, 6) is -1.06. The van der Waals surface area contributed by atoms with Crippen molar-refractivity contribution in [3.63, 3.8) is 0 Å². The quantitative estimate of drug-likeness (QED) is 0.638. The highest BCUT2D eigenvalue weighted by molar-refractivity contribution is 6.43. The van der Waals surface area contributed by atoms with Gasteiger partial charge in [-0.3, -0.25) is 14.4 Å². The predicted octanol–water partition coefficient (Wildman–Crippen LogP) is 1.67. The normalized spacial score (nSPS) is 34.6. The van der Waals surface area contributed by atoms with Crippen molar-refractivity contribution in [3.05, 3.63) is 0 Å². The average molecular weight is 226 g/mol. The van der Waals surface area contributed by atoms with Gasteiger partial charge in [0, 0.05) is 18.3 Å². The molecule has 2 saturated carbocycles. The topological polar surface area (TPSA) is 71.4 Å². The molecule has 2 aliphatic rings. The average Bonchev–Trinajstić information content (AvgIpc) is 2.40. The fraction of sp³-hybridized carbons (Fsp3) is 0.750. The Kier molecular flexibility index (Phi) is 2.96. The van der Waals surface area contributed by atoms with E-state index in [-0.39, 0.29) is 28.3 Å². The van der Waals surface area contributed by atoms with Crippen molar-refractivity contribution in [3.8, 4) is 0 Å². The van der Waals surface area contributed by atoms with Gasteiger partial charge in [0.15, 0.2) is 0 Å². The fourth-order valence-corrected chi connectivity index (χ4v) is 2.80. The molecule has 0 radical (unpaired) electrons. The Hall–Kier alpha value is -1.19. The number of fused-ring (bicyclic) bond motifs is 2. The molecule has 2 aliphatic carbocycles. The lowest BCUT2D eigenvalue weighted by atomic mass is 9.70. The zero-order chi connectivity index (χ0) is 12.7. The van der Waals surface area contributed by atoms with Crippen LogP contribution in [0, 0.1) is 16.7 Å². The van der Waals surface area contributed by atoms with Crippen LogP contribution in [-0.2, 0) is 14.4 Å². The van der Waals surface area contributed by atoms with E-state index in [1.54, 1.807) is 0 Å². The first-order chi connectivity index (χ1) is 7.14. The van der Waals surface area contributed by atoms with Crippen LogP contribution >= 0.6 is 0 Å². The lowest BCUT2D eigenvalue weighted by molar-refractivity contribution is -0.141. The second-order valence-corrected chi connectivity index (χ2v) is 5.36. The van der Waals surface area contributed by atoms with E-state index < -0.39 is 5.97 Å². The Morgan fingerprint density at radius 2 is 1.75 bits per heavy atom. The third-order valence-corrected chi connectivity index (χ3v) is 4.27. The maximum absolute atomic E-state index is 11.6. The van der Waals surface area contributed by atoms with Crippen LogP contribution < -0.4 is 0 Å². The lowest BCUT2D eigenvalue weighted by Gasteiger charge is -2.31. The van der Waals surface area contributed by atoms with Gasteiger partial charge < -0.3 is 5.11 Å². The number of carbonyl (C=O) groups excluding carboxylic acids is 2. The molecule has 16 heavy (non-hydrogen) atoms. The monoisotopic (exact) mass is 226 g/mol. The highest BCUT2D eigenvalue weighted by Gasteiger charge is 2.66. The van der Waals surface area contributed by atoms with E-state index in [1.165, 1.54) is 0 Å². The first-order valence-electron chi connectivity index (χ1n) is 5.43. The summed E-state index contributed by atoms with van der Waals surface area (Å²) in [6.07, 6.45) is 1.81. The van der Waals surface area contributed by atoms with Crippen molar-refractivity contribution >= 4 is 17.5 Å². The molecule has 2 bridgehead atoms. The van der Waals surface area contributed by atoms with E-state index in [4.69, 9.17) is 9.90 Å². The third-order valence-electron chi connectivity index (χ3n) is 4.27. The molecule has 0 aromatic carbocycles. The number of rotatable bonds is 0. The Bertz CT molecular complexity index is 352. The number of hydrogen-bond donors (Lipinski definition) is 1. The molecule has 90 valence electrons.